The Kier molecular flexibility index (Phi) is 7.10. The third-order valence-electron chi connectivity index (χ3n) is 6.74. The highest BCUT2D eigenvalue weighted by molar-refractivity contribution is 7.92. The molecule has 1 fully saturated rings. The van der Waals surface area contributed by atoms with Crippen molar-refractivity contribution in [2.45, 2.75) is 35.9 Å². The second-order valence-electron chi connectivity index (χ2n) is 9.37. The molecule has 1 saturated heterocycles. The van der Waals surface area contributed by atoms with Crippen molar-refractivity contribution in [1.82, 2.24) is 4.98 Å². The van der Waals surface area contributed by atoms with Crippen LogP contribution in [0.15, 0.2) is 65.7 Å². The minimum atomic E-state index is -4.72. The summed E-state index contributed by atoms with van der Waals surface area (Å²) in [7, 11) is -4.45. The molecular formula is C26H23ClF3N3O5S. The maximum absolute atomic E-state index is 13.7. The second kappa shape index (κ2) is 10.2. The Morgan fingerprint density at radius 3 is 2.56 bits per heavy atom. The van der Waals surface area contributed by atoms with E-state index in [4.69, 9.17) is 21.4 Å². The van der Waals surface area contributed by atoms with Gasteiger partial charge in [0.1, 0.15) is 17.7 Å². The van der Waals surface area contributed by atoms with Crippen molar-refractivity contribution in [2.24, 2.45) is 0 Å². The van der Waals surface area contributed by atoms with Gasteiger partial charge in [0.25, 0.3) is 10.0 Å². The molecule has 1 N–H and O–H groups in total. The molecule has 206 valence electrons. The molecule has 1 aromatic heterocycles. The fourth-order valence-electron chi connectivity index (χ4n) is 4.68. The zero-order valence-corrected chi connectivity index (χ0v) is 21.9. The number of hydrogen-bond donors (Lipinski definition) is 1. The van der Waals surface area contributed by atoms with Crippen LogP contribution in [0.1, 0.15) is 29.9 Å². The molecule has 0 bridgehead atoms. The Morgan fingerprint density at radius 2 is 1.87 bits per heavy atom. The van der Waals surface area contributed by atoms with E-state index >= 15 is 0 Å². The van der Waals surface area contributed by atoms with Gasteiger partial charge in [-0.05, 0) is 54.4 Å². The maximum atomic E-state index is 13.7. The number of benzene rings is 2. The van der Waals surface area contributed by atoms with Crippen LogP contribution in [-0.2, 0) is 21.0 Å². The monoisotopic (exact) mass is 581 g/mol. The second-order valence-corrected chi connectivity index (χ2v) is 11.6. The summed E-state index contributed by atoms with van der Waals surface area (Å²) < 4.78 is 74.4. The lowest BCUT2D eigenvalue weighted by atomic mass is 9.90. The highest BCUT2D eigenvalue weighted by atomic mass is 35.5. The van der Waals surface area contributed by atoms with Gasteiger partial charge in [-0.3, -0.25) is 9.10 Å². The summed E-state index contributed by atoms with van der Waals surface area (Å²) >= 11 is 6.24. The number of ether oxygens (including phenoxy) is 1. The summed E-state index contributed by atoms with van der Waals surface area (Å²) in [5.41, 5.74) is -0.0873. The molecule has 1 unspecified atom stereocenters. The number of aromatic nitrogens is 1. The number of anilines is 2. The van der Waals surface area contributed by atoms with Gasteiger partial charge < -0.3 is 14.7 Å². The number of rotatable bonds is 7. The first-order valence-corrected chi connectivity index (χ1v) is 13.8. The normalized spacial score (nSPS) is 17.8. The summed E-state index contributed by atoms with van der Waals surface area (Å²) in [6, 6.07) is 12.1. The van der Waals surface area contributed by atoms with Gasteiger partial charge in [0.05, 0.1) is 27.7 Å². The quantitative estimate of drug-likeness (QED) is 0.410. The van der Waals surface area contributed by atoms with E-state index in [9.17, 15) is 26.4 Å². The highest BCUT2D eigenvalue weighted by Crippen LogP contribution is 2.42. The fourth-order valence-corrected chi connectivity index (χ4v) is 6.46. The molecule has 13 heteroatoms. The number of fused-ring (bicyclic) bond motifs is 1. The van der Waals surface area contributed by atoms with Gasteiger partial charge in [0, 0.05) is 31.6 Å². The van der Waals surface area contributed by atoms with Crippen molar-refractivity contribution in [1.29, 1.82) is 0 Å². The Hall–Kier alpha value is -3.51. The van der Waals surface area contributed by atoms with E-state index in [0.717, 1.165) is 28.1 Å². The highest BCUT2D eigenvalue weighted by Gasteiger charge is 2.38. The molecule has 2 aliphatic heterocycles. The Labute approximate surface area is 227 Å². The minimum absolute atomic E-state index is 0.0214. The standard InChI is InChI=1S/C26H23ClF3N3O5S/c27-21-5-2-10-31-25(21)32-13-17(14-32)16-6-8-23-22(11-16)33(15-19(38-23)7-9-24(34)35)39(36,37)20-4-1-3-18(12-20)26(28,29)30/h1-6,8,10-12,17,19H,7,9,13-15H2,(H,34,35). The van der Waals surface area contributed by atoms with Gasteiger partial charge >= 0.3 is 12.1 Å². The number of pyridine rings is 1. The van der Waals surface area contributed by atoms with Gasteiger partial charge in [-0.15, -0.1) is 0 Å². The van der Waals surface area contributed by atoms with Gasteiger partial charge in [0.2, 0.25) is 0 Å². The third-order valence-corrected chi connectivity index (χ3v) is 8.81. The van der Waals surface area contributed by atoms with Crippen molar-refractivity contribution in [2.75, 3.05) is 28.8 Å². The smallest absolute Gasteiger partial charge is 0.416 e. The number of hydrogen-bond acceptors (Lipinski definition) is 6. The lowest BCUT2D eigenvalue weighted by Gasteiger charge is -2.42. The molecule has 0 spiro atoms. The lowest BCUT2D eigenvalue weighted by molar-refractivity contribution is -0.138. The third kappa shape index (κ3) is 5.48. The van der Waals surface area contributed by atoms with Crippen LogP contribution in [0.25, 0.3) is 0 Å². The summed E-state index contributed by atoms with van der Waals surface area (Å²) in [5.74, 6) is -0.197. The first kappa shape index (κ1) is 27.1. The largest absolute Gasteiger partial charge is 0.486 e. The summed E-state index contributed by atoms with van der Waals surface area (Å²) in [5, 5.41) is 9.61. The molecule has 39 heavy (non-hydrogen) atoms. The van der Waals surface area contributed by atoms with Crippen molar-refractivity contribution < 1.29 is 36.2 Å². The van der Waals surface area contributed by atoms with E-state index in [1.807, 2.05) is 4.90 Å². The fraction of sp³-hybridized carbons (Fsp3) is 0.308. The summed E-state index contributed by atoms with van der Waals surface area (Å²) in [4.78, 5) is 16.9. The van der Waals surface area contributed by atoms with E-state index in [2.05, 4.69) is 4.98 Å². The number of nitrogens with zero attached hydrogens (tertiary/aromatic N) is 3. The van der Waals surface area contributed by atoms with E-state index in [1.54, 1.807) is 36.5 Å². The number of aliphatic carboxylic acids is 1. The molecule has 1 atom stereocenters. The lowest BCUT2D eigenvalue weighted by Crippen LogP contribution is -2.46. The number of carboxylic acid groups (broad SMARTS) is 1. The average Bonchev–Trinajstić information content (AvgIpc) is 2.86. The molecular weight excluding hydrogens is 559 g/mol. The van der Waals surface area contributed by atoms with Crippen LogP contribution in [0.5, 0.6) is 5.75 Å². The predicted octanol–water partition coefficient (Wildman–Crippen LogP) is 5.18. The first-order chi connectivity index (χ1) is 18.4. The number of carboxylic acids is 1. The zero-order chi connectivity index (χ0) is 27.9. The zero-order valence-electron chi connectivity index (χ0n) is 20.3. The van der Waals surface area contributed by atoms with Crippen LogP contribution in [-0.4, -0.2) is 50.2 Å². The maximum Gasteiger partial charge on any atom is 0.416 e. The number of carbonyl (C=O) groups is 1. The molecule has 5 rings (SSSR count). The summed E-state index contributed by atoms with van der Waals surface area (Å²) in [6.45, 7) is 0.915. The van der Waals surface area contributed by atoms with Crippen LogP contribution >= 0.6 is 11.6 Å². The number of halogens is 4. The Morgan fingerprint density at radius 1 is 1.10 bits per heavy atom. The molecule has 0 aliphatic carbocycles. The molecule has 2 aliphatic rings. The van der Waals surface area contributed by atoms with Crippen LogP contribution in [0.2, 0.25) is 5.02 Å². The van der Waals surface area contributed by atoms with Crippen molar-refractivity contribution in [3.8, 4) is 5.75 Å². The number of alkyl halides is 3. The molecule has 2 aromatic carbocycles. The van der Waals surface area contributed by atoms with Crippen molar-refractivity contribution in [3.63, 3.8) is 0 Å². The van der Waals surface area contributed by atoms with Crippen molar-refractivity contribution in [3.05, 3.63) is 76.9 Å². The van der Waals surface area contributed by atoms with Crippen LogP contribution < -0.4 is 13.9 Å². The molecule has 3 aromatic rings. The van der Waals surface area contributed by atoms with Crippen LogP contribution in [0, 0.1) is 0 Å². The van der Waals surface area contributed by atoms with E-state index < -0.39 is 38.7 Å². The topological polar surface area (TPSA) is 100 Å². The van der Waals surface area contributed by atoms with Gasteiger partial charge in [-0.2, -0.15) is 13.2 Å². The van der Waals surface area contributed by atoms with E-state index in [-0.39, 0.29) is 36.7 Å². The first-order valence-electron chi connectivity index (χ1n) is 12.0. The van der Waals surface area contributed by atoms with E-state index in [1.165, 1.54) is 0 Å². The molecule has 0 amide bonds. The van der Waals surface area contributed by atoms with Gasteiger partial charge in [0.15, 0.2) is 0 Å². The van der Waals surface area contributed by atoms with Crippen LogP contribution in [0.3, 0.4) is 0 Å². The van der Waals surface area contributed by atoms with Crippen LogP contribution in [0.4, 0.5) is 24.7 Å². The Bertz CT molecular complexity index is 1510. The van der Waals surface area contributed by atoms with Gasteiger partial charge in [-0.1, -0.05) is 23.7 Å². The van der Waals surface area contributed by atoms with Crippen molar-refractivity contribution >= 4 is 39.1 Å². The Balaban J connectivity index is 1.47. The number of sulfonamides is 1. The minimum Gasteiger partial charge on any atom is -0.486 e. The molecule has 0 saturated carbocycles. The molecule has 8 nitrogen and oxygen atoms in total. The van der Waals surface area contributed by atoms with E-state index in [0.29, 0.717) is 30.0 Å². The molecule has 0 radical (unpaired) electrons. The predicted molar refractivity (Wildman–Crippen MR) is 138 cm³/mol. The SMILES string of the molecule is O=C(O)CCC1CN(S(=O)(=O)c2cccc(C(F)(F)F)c2)c2cc(C3CN(c4ncccc4Cl)C3)ccc2O1. The summed E-state index contributed by atoms with van der Waals surface area (Å²) in [6.07, 6.45) is -4.12. The average molecular weight is 582 g/mol. The molecule has 3 heterocycles. The van der Waals surface area contributed by atoms with Gasteiger partial charge in [-0.25, -0.2) is 13.4 Å².